The van der Waals surface area contributed by atoms with E-state index in [9.17, 15) is 9.59 Å². The molecule has 7 heteroatoms. The summed E-state index contributed by atoms with van der Waals surface area (Å²) in [6, 6.07) is 7.49. The smallest absolute Gasteiger partial charge is 0.340 e. The summed E-state index contributed by atoms with van der Waals surface area (Å²) < 4.78 is 0. The van der Waals surface area contributed by atoms with Gasteiger partial charge in [0, 0.05) is 23.9 Å². The maximum absolute atomic E-state index is 12.0. The highest BCUT2D eigenvalue weighted by molar-refractivity contribution is 6.30. The Kier molecular flexibility index (Phi) is 5.16. The molecule has 1 aromatic heterocycles. The number of carbonyl (C=O) groups is 1. The van der Waals surface area contributed by atoms with Crippen molar-refractivity contribution in [2.24, 2.45) is 5.92 Å². The molecule has 2 aromatic rings. The minimum Gasteiger partial charge on any atom is -0.355 e. The quantitative estimate of drug-likeness (QED) is 0.751. The number of benzene rings is 1. The summed E-state index contributed by atoms with van der Waals surface area (Å²) in [6.07, 6.45) is 1.11. The van der Waals surface area contributed by atoms with E-state index in [1.165, 1.54) is 0 Å². The van der Waals surface area contributed by atoms with Crippen LogP contribution in [0.25, 0.3) is 0 Å². The van der Waals surface area contributed by atoms with E-state index in [1.54, 1.807) is 6.07 Å². The van der Waals surface area contributed by atoms with E-state index in [2.05, 4.69) is 20.5 Å². The second kappa shape index (κ2) is 7.08. The number of amides is 1. The summed E-state index contributed by atoms with van der Waals surface area (Å²) in [5, 5.41) is 9.55. The average molecular weight is 309 g/mol. The number of hydrogen-bond donors (Lipinski definition) is 3. The molecule has 6 nitrogen and oxygen atoms in total. The van der Waals surface area contributed by atoms with E-state index in [0.717, 1.165) is 5.56 Å². The van der Waals surface area contributed by atoms with Crippen LogP contribution < -0.4 is 11.0 Å². The van der Waals surface area contributed by atoms with Crippen LogP contribution in [-0.2, 0) is 17.6 Å². The van der Waals surface area contributed by atoms with Gasteiger partial charge in [0.05, 0.1) is 0 Å². The molecule has 112 valence electrons. The number of nitrogens with one attached hydrogen (secondary N) is 3. The van der Waals surface area contributed by atoms with Gasteiger partial charge in [-0.05, 0) is 24.1 Å². The molecule has 3 N–H and O–H groups in total. The lowest BCUT2D eigenvalue weighted by Crippen LogP contribution is -2.32. The Morgan fingerprint density at radius 2 is 2.29 bits per heavy atom. The van der Waals surface area contributed by atoms with E-state index in [0.29, 0.717) is 30.2 Å². The predicted octanol–water partition coefficient (Wildman–Crippen LogP) is 1.29. The summed E-state index contributed by atoms with van der Waals surface area (Å²) in [4.78, 5) is 25.4. The van der Waals surface area contributed by atoms with Gasteiger partial charge in [0.25, 0.3) is 0 Å². The monoisotopic (exact) mass is 308 g/mol. The fourth-order valence-corrected chi connectivity index (χ4v) is 2.23. The second-order valence-electron chi connectivity index (χ2n) is 4.90. The molecule has 21 heavy (non-hydrogen) atoms. The van der Waals surface area contributed by atoms with Gasteiger partial charge in [-0.25, -0.2) is 9.89 Å². The van der Waals surface area contributed by atoms with Gasteiger partial charge in [-0.15, -0.1) is 0 Å². The minimum absolute atomic E-state index is 0.0344. The van der Waals surface area contributed by atoms with Gasteiger partial charge in [0.1, 0.15) is 5.82 Å². The highest BCUT2D eigenvalue weighted by Gasteiger charge is 2.13. The zero-order valence-electron chi connectivity index (χ0n) is 11.6. The van der Waals surface area contributed by atoms with Gasteiger partial charge in [-0.1, -0.05) is 30.7 Å². The molecular weight excluding hydrogens is 292 g/mol. The summed E-state index contributed by atoms with van der Waals surface area (Å²) in [7, 11) is 0. The molecule has 0 aliphatic heterocycles. The number of hydrogen-bond acceptors (Lipinski definition) is 3. The fourth-order valence-electron chi connectivity index (χ4n) is 2.01. The van der Waals surface area contributed by atoms with Crippen LogP contribution in [0.15, 0.2) is 29.1 Å². The maximum Gasteiger partial charge on any atom is 0.340 e. The van der Waals surface area contributed by atoms with Gasteiger partial charge in [-0.3, -0.25) is 9.78 Å². The lowest BCUT2D eigenvalue weighted by atomic mass is 10.0. The van der Waals surface area contributed by atoms with Crippen LogP contribution in [0.5, 0.6) is 0 Å². The second-order valence-corrected chi connectivity index (χ2v) is 5.34. The SMILES string of the molecule is C[C@H](Cc1cccc(Cl)c1)C(=O)NCCc1n[nH]c(=O)[nH]1. The number of halogens is 1. The number of aromatic amines is 2. The van der Waals surface area contributed by atoms with Crippen LogP contribution in [0.3, 0.4) is 0 Å². The lowest BCUT2D eigenvalue weighted by molar-refractivity contribution is -0.124. The van der Waals surface area contributed by atoms with E-state index < -0.39 is 0 Å². The molecule has 0 unspecified atom stereocenters. The molecule has 1 heterocycles. The Labute approximate surface area is 126 Å². The summed E-state index contributed by atoms with van der Waals surface area (Å²) in [5.74, 6) is 0.345. The molecule has 0 radical (unpaired) electrons. The van der Waals surface area contributed by atoms with Crippen LogP contribution in [0, 0.1) is 5.92 Å². The zero-order chi connectivity index (χ0) is 15.2. The number of carbonyl (C=O) groups excluding carboxylic acids is 1. The molecule has 0 aliphatic carbocycles. The first-order chi connectivity index (χ1) is 10.0. The molecule has 0 fully saturated rings. The maximum atomic E-state index is 12.0. The highest BCUT2D eigenvalue weighted by Crippen LogP contribution is 2.14. The average Bonchev–Trinajstić information content (AvgIpc) is 2.84. The Morgan fingerprint density at radius 1 is 1.48 bits per heavy atom. The number of H-pyrrole nitrogens is 2. The highest BCUT2D eigenvalue weighted by atomic mass is 35.5. The molecule has 0 saturated carbocycles. The van der Waals surface area contributed by atoms with E-state index >= 15 is 0 Å². The largest absolute Gasteiger partial charge is 0.355 e. The number of rotatable bonds is 6. The van der Waals surface area contributed by atoms with E-state index in [1.807, 2.05) is 25.1 Å². The third-order valence-electron chi connectivity index (χ3n) is 3.09. The van der Waals surface area contributed by atoms with Crippen molar-refractivity contribution < 1.29 is 4.79 Å². The summed E-state index contributed by atoms with van der Waals surface area (Å²) in [5.41, 5.74) is 0.687. The molecule has 1 atom stereocenters. The Bertz CT molecular complexity index is 665. The third kappa shape index (κ3) is 4.75. The van der Waals surface area contributed by atoms with Crippen molar-refractivity contribution >= 4 is 17.5 Å². The summed E-state index contributed by atoms with van der Waals surface area (Å²) >= 11 is 5.92. The lowest BCUT2D eigenvalue weighted by Gasteiger charge is -2.12. The fraction of sp³-hybridized carbons (Fsp3) is 0.357. The van der Waals surface area contributed by atoms with E-state index in [-0.39, 0.29) is 17.5 Å². The molecule has 0 saturated heterocycles. The molecule has 1 aromatic carbocycles. The first-order valence-corrected chi connectivity index (χ1v) is 7.08. The molecule has 0 aliphatic rings. The zero-order valence-corrected chi connectivity index (χ0v) is 12.4. The van der Waals surface area contributed by atoms with Crippen LogP contribution in [0.1, 0.15) is 18.3 Å². The van der Waals surface area contributed by atoms with Crippen LogP contribution in [0.2, 0.25) is 5.02 Å². The van der Waals surface area contributed by atoms with Crippen molar-refractivity contribution in [2.75, 3.05) is 6.54 Å². The Morgan fingerprint density at radius 3 is 2.95 bits per heavy atom. The van der Waals surface area contributed by atoms with Crippen LogP contribution >= 0.6 is 11.6 Å². The van der Waals surface area contributed by atoms with Gasteiger partial charge in [-0.2, -0.15) is 5.10 Å². The van der Waals surface area contributed by atoms with Gasteiger partial charge < -0.3 is 5.32 Å². The normalized spacial score (nSPS) is 12.1. The number of aromatic nitrogens is 3. The van der Waals surface area contributed by atoms with Crippen LogP contribution in [0.4, 0.5) is 0 Å². The molecule has 1 amide bonds. The third-order valence-corrected chi connectivity index (χ3v) is 3.32. The van der Waals surface area contributed by atoms with Crippen LogP contribution in [-0.4, -0.2) is 27.6 Å². The standard InChI is InChI=1S/C14H17ClN4O2/c1-9(7-10-3-2-4-11(15)8-10)13(20)16-6-5-12-17-14(21)19-18-12/h2-4,8-9H,5-7H2,1H3,(H,16,20)(H2,17,18,19,21)/t9-/m1/s1. The Hall–Kier alpha value is -2.08. The van der Waals surface area contributed by atoms with Crippen molar-refractivity contribution in [1.29, 1.82) is 0 Å². The Balaban J connectivity index is 1.78. The minimum atomic E-state index is -0.342. The molecule has 0 spiro atoms. The van der Waals surface area contributed by atoms with Crippen molar-refractivity contribution in [3.63, 3.8) is 0 Å². The first-order valence-electron chi connectivity index (χ1n) is 6.70. The predicted molar refractivity (Wildman–Crippen MR) is 80.2 cm³/mol. The summed E-state index contributed by atoms with van der Waals surface area (Å²) in [6.45, 7) is 2.30. The molecule has 0 bridgehead atoms. The van der Waals surface area contributed by atoms with Gasteiger partial charge in [0.15, 0.2) is 0 Å². The van der Waals surface area contributed by atoms with Crippen molar-refractivity contribution in [3.8, 4) is 0 Å². The van der Waals surface area contributed by atoms with Gasteiger partial charge >= 0.3 is 5.69 Å². The van der Waals surface area contributed by atoms with Crippen molar-refractivity contribution in [1.82, 2.24) is 20.5 Å². The number of nitrogens with zero attached hydrogens (tertiary/aromatic N) is 1. The molecule has 2 rings (SSSR count). The van der Waals surface area contributed by atoms with E-state index in [4.69, 9.17) is 11.6 Å². The topological polar surface area (TPSA) is 90.6 Å². The first kappa shape index (κ1) is 15.3. The van der Waals surface area contributed by atoms with Gasteiger partial charge in [0.2, 0.25) is 5.91 Å². The molecular formula is C14H17ClN4O2. The van der Waals surface area contributed by atoms with Crippen molar-refractivity contribution in [3.05, 3.63) is 51.2 Å². The van der Waals surface area contributed by atoms with Crippen molar-refractivity contribution in [2.45, 2.75) is 19.8 Å².